The number of amidine groups is 1. The van der Waals surface area contributed by atoms with Crippen molar-refractivity contribution in [1.82, 2.24) is 9.47 Å². The number of primary amides is 1. The summed E-state index contributed by atoms with van der Waals surface area (Å²) >= 11 is 0. The Morgan fingerprint density at radius 3 is 2.21 bits per heavy atom. The molecule has 198 valence electrons. The maximum Gasteiger partial charge on any atom is 0.272 e. The Bertz CT molecular complexity index is 1590. The number of likely N-dealkylation sites (tertiary alicyclic amines) is 1. The average molecular weight is 527 g/mol. The van der Waals surface area contributed by atoms with Gasteiger partial charge in [-0.05, 0) is 60.5 Å². The molecule has 1 saturated heterocycles. The molecular formula is C29H27FN6O3. The number of nitrogens with two attached hydrogens (primary N) is 2. The molecule has 0 unspecified atom stereocenters. The lowest BCUT2D eigenvalue weighted by Crippen LogP contribution is -2.28. The Hall–Kier alpha value is -4.99. The largest absolute Gasteiger partial charge is 0.384 e. The Kier molecular flexibility index (Phi) is 6.84. The normalized spacial score (nSPS) is 14.9. The number of rotatable bonds is 7. The molecule has 3 amide bonds. The summed E-state index contributed by atoms with van der Waals surface area (Å²) in [7, 11) is 0. The molecule has 0 bridgehead atoms. The Labute approximate surface area is 223 Å². The maximum atomic E-state index is 13.5. The minimum atomic E-state index is -0.994. The second-order valence-corrected chi connectivity index (χ2v) is 9.53. The molecule has 10 heteroatoms. The van der Waals surface area contributed by atoms with Gasteiger partial charge in [0, 0.05) is 46.4 Å². The summed E-state index contributed by atoms with van der Waals surface area (Å²) in [5.41, 5.74) is 14.8. The second-order valence-electron chi connectivity index (χ2n) is 9.53. The van der Waals surface area contributed by atoms with Crippen molar-refractivity contribution in [2.45, 2.75) is 19.1 Å². The second kappa shape index (κ2) is 10.4. The van der Waals surface area contributed by atoms with E-state index in [0.29, 0.717) is 53.1 Å². The van der Waals surface area contributed by atoms with E-state index in [1.807, 2.05) is 4.57 Å². The predicted molar refractivity (Wildman–Crippen MR) is 147 cm³/mol. The van der Waals surface area contributed by atoms with Crippen LogP contribution in [-0.4, -0.2) is 52.3 Å². The summed E-state index contributed by atoms with van der Waals surface area (Å²) in [5.74, 6) is -1.23. The number of carbonyl (C=O) groups excluding carboxylic acids is 3. The molecule has 1 aliphatic heterocycles. The van der Waals surface area contributed by atoms with Gasteiger partial charge in [-0.25, -0.2) is 4.39 Å². The number of anilines is 1. The number of nitrogen functional groups attached to an aromatic ring is 1. The van der Waals surface area contributed by atoms with Crippen LogP contribution < -0.4 is 16.8 Å². The summed E-state index contributed by atoms with van der Waals surface area (Å²) < 4.78 is 15.3. The number of benzene rings is 3. The number of carbonyl (C=O) groups is 3. The van der Waals surface area contributed by atoms with E-state index in [0.717, 1.165) is 10.9 Å². The van der Waals surface area contributed by atoms with Crippen molar-refractivity contribution in [3.05, 3.63) is 101 Å². The van der Waals surface area contributed by atoms with Crippen molar-refractivity contribution >= 4 is 40.1 Å². The minimum absolute atomic E-state index is 0.0907. The van der Waals surface area contributed by atoms with Crippen LogP contribution in [0.5, 0.6) is 0 Å². The Balaban J connectivity index is 1.43. The molecule has 0 spiro atoms. The topological polar surface area (TPSA) is 147 Å². The van der Waals surface area contributed by atoms with Gasteiger partial charge in [-0.2, -0.15) is 0 Å². The lowest BCUT2D eigenvalue weighted by Gasteiger charge is -2.15. The van der Waals surface area contributed by atoms with Gasteiger partial charge in [0.25, 0.3) is 11.8 Å². The van der Waals surface area contributed by atoms with Crippen molar-refractivity contribution in [2.75, 3.05) is 18.4 Å². The van der Waals surface area contributed by atoms with Crippen molar-refractivity contribution in [3.8, 4) is 0 Å². The van der Waals surface area contributed by atoms with Crippen molar-refractivity contribution in [3.63, 3.8) is 0 Å². The van der Waals surface area contributed by atoms with Crippen LogP contribution in [0.25, 0.3) is 10.9 Å². The third kappa shape index (κ3) is 5.35. The van der Waals surface area contributed by atoms with Crippen LogP contribution in [0.4, 0.5) is 10.1 Å². The molecule has 0 radical (unpaired) electrons. The lowest BCUT2D eigenvalue weighted by atomic mass is 10.1. The van der Waals surface area contributed by atoms with Gasteiger partial charge < -0.3 is 26.3 Å². The van der Waals surface area contributed by atoms with Gasteiger partial charge in [0.1, 0.15) is 17.7 Å². The number of halogens is 1. The van der Waals surface area contributed by atoms with Gasteiger partial charge in [0.15, 0.2) is 0 Å². The molecule has 0 saturated carbocycles. The Morgan fingerprint density at radius 2 is 1.59 bits per heavy atom. The van der Waals surface area contributed by atoms with E-state index >= 15 is 0 Å². The fraction of sp³-hybridized carbons (Fsp3) is 0.172. The number of alkyl halides is 1. The van der Waals surface area contributed by atoms with Gasteiger partial charge in [-0.15, -0.1) is 0 Å². The number of amides is 3. The molecule has 2 heterocycles. The number of nitrogens with zero attached hydrogens (tertiary/aromatic N) is 2. The Morgan fingerprint density at radius 1 is 0.923 bits per heavy atom. The fourth-order valence-corrected chi connectivity index (χ4v) is 4.71. The van der Waals surface area contributed by atoms with Gasteiger partial charge in [0.2, 0.25) is 5.91 Å². The van der Waals surface area contributed by atoms with Crippen LogP contribution in [0.3, 0.4) is 0 Å². The highest BCUT2D eigenvalue weighted by Crippen LogP contribution is 2.25. The predicted octanol–water partition coefficient (Wildman–Crippen LogP) is 3.51. The van der Waals surface area contributed by atoms with E-state index in [4.69, 9.17) is 16.9 Å². The smallest absolute Gasteiger partial charge is 0.272 e. The molecule has 6 N–H and O–H groups in total. The number of nitrogens with one attached hydrogen (secondary N) is 2. The maximum absolute atomic E-state index is 13.5. The van der Waals surface area contributed by atoms with Crippen molar-refractivity contribution in [1.29, 1.82) is 5.41 Å². The minimum Gasteiger partial charge on any atom is -0.384 e. The van der Waals surface area contributed by atoms with Crippen LogP contribution in [0.2, 0.25) is 0 Å². The average Bonchev–Trinajstić information content (AvgIpc) is 3.52. The van der Waals surface area contributed by atoms with Crippen molar-refractivity contribution < 1.29 is 18.8 Å². The van der Waals surface area contributed by atoms with Crippen molar-refractivity contribution in [2.24, 2.45) is 11.5 Å². The van der Waals surface area contributed by atoms with E-state index in [1.165, 1.54) is 4.90 Å². The van der Waals surface area contributed by atoms with Gasteiger partial charge >= 0.3 is 0 Å². The first-order valence-corrected chi connectivity index (χ1v) is 12.4. The van der Waals surface area contributed by atoms with Gasteiger partial charge in [-0.3, -0.25) is 19.8 Å². The lowest BCUT2D eigenvalue weighted by molar-refractivity contribution is 0.0782. The standard InChI is InChI=1S/C29H27FN6O3/c30-22-11-12-35(16-22)29(39)19-7-9-23(10-8-19)34-28(38)25-13-20-5-6-21(26(31)32)14-24(20)36(25)15-17-1-3-18(4-2-17)27(33)37/h1-10,13-14,22H,11-12,15-16H2,(H3,31,32)(H2,33,37)(H,34,38)/t22-/m0/s1. The van der Waals surface area contributed by atoms with Gasteiger partial charge in [-0.1, -0.05) is 24.3 Å². The molecule has 5 rings (SSSR count). The quantitative estimate of drug-likeness (QED) is 0.215. The SMILES string of the molecule is N=C(N)c1ccc2cc(C(=O)Nc3ccc(C(=O)N4CC[C@H](F)C4)cc3)n(Cc3ccc(C(N)=O)cc3)c2c1. The molecule has 1 aromatic heterocycles. The molecule has 0 aliphatic carbocycles. The van der Waals surface area contributed by atoms with E-state index in [1.54, 1.807) is 72.8 Å². The number of aromatic nitrogens is 1. The highest BCUT2D eigenvalue weighted by atomic mass is 19.1. The summed E-state index contributed by atoms with van der Waals surface area (Å²) in [6, 6.07) is 20.3. The first kappa shape index (κ1) is 25.7. The third-order valence-corrected chi connectivity index (χ3v) is 6.83. The van der Waals surface area contributed by atoms with E-state index in [-0.39, 0.29) is 24.2 Å². The van der Waals surface area contributed by atoms with Crippen LogP contribution >= 0.6 is 0 Å². The molecular weight excluding hydrogens is 499 g/mol. The molecule has 4 aromatic rings. The summed E-state index contributed by atoms with van der Waals surface area (Å²) in [6.45, 7) is 0.795. The molecule has 1 fully saturated rings. The number of hydrogen-bond donors (Lipinski definition) is 4. The summed E-state index contributed by atoms with van der Waals surface area (Å²) in [4.78, 5) is 39.0. The van der Waals surface area contributed by atoms with Crippen LogP contribution in [0, 0.1) is 5.41 Å². The molecule has 3 aromatic carbocycles. The summed E-state index contributed by atoms with van der Waals surface area (Å²) in [6.07, 6.45) is -0.649. The van der Waals surface area contributed by atoms with Crippen LogP contribution in [0.1, 0.15) is 48.8 Å². The zero-order chi connectivity index (χ0) is 27.7. The first-order valence-electron chi connectivity index (χ1n) is 12.4. The first-order chi connectivity index (χ1) is 18.7. The monoisotopic (exact) mass is 526 g/mol. The highest BCUT2D eigenvalue weighted by molar-refractivity contribution is 6.07. The molecule has 9 nitrogen and oxygen atoms in total. The van der Waals surface area contributed by atoms with E-state index in [2.05, 4.69) is 5.32 Å². The van der Waals surface area contributed by atoms with E-state index < -0.39 is 12.1 Å². The molecule has 1 aliphatic rings. The molecule has 1 atom stereocenters. The highest BCUT2D eigenvalue weighted by Gasteiger charge is 2.26. The summed E-state index contributed by atoms with van der Waals surface area (Å²) in [5, 5.41) is 11.5. The molecule has 39 heavy (non-hydrogen) atoms. The zero-order valence-electron chi connectivity index (χ0n) is 21.0. The number of hydrogen-bond acceptors (Lipinski definition) is 4. The zero-order valence-corrected chi connectivity index (χ0v) is 21.0. The van der Waals surface area contributed by atoms with Crippen LogP contribution in [0.15, 0.2) is 72.8 Å². The fourth-order valence-electron chi connectivity index (χ4n) is 4.71. The van der Waals surface area contributed by atoms with Crippen LogP contribution in [-0.2, 0) is 6.54 Å². The third-order valence-electron chi connectivity index (χ3n) is 6.83. The number of fused-ring (bicyclic) bond motifs is 1. The van der Waals surface area contributed by atoms with E-state index in [9.17, 15) is 18.8 Å². The van der Waals surface area contributed by atoms with Gasteiger partial charge in [0.05, 0.1) is 6.54 Å².